The maximum Gasteiger partial charge on any atom is 0.254 e. The third-order valence-electron chi connectivity index (χ3n) is 8.20. The Labute approximate surface area is 246 Å². The highest BCUT2D eigenvalue weighted by molar-refractivity contribution is 7.15. The van der Waals surface area contributed by atoms with E-state index >= 15 is 0 Å². The molecule has 0 aromatic heterocycles. The summed E-state index contributed by atoms with van der Waals surface area (Å²) in [5.74, 6) is 0. The van der Waals surface area contributed by atoms with E-state index in [-0.39, 0.29) is 6.04 Å². The molecule has 5 aromatic carbocycles. The van der Waals surface area contributed by atoms with Crippen molar-refractivity contribution in [1.29, 1.82) is 0 Å². The molecule has 0 saturated carbocycles. The Hall–Kier alpha value is -3.96. The zero-order chi connectivity index (χ0) is 28.4. The van der Waals surface area contributed by atoms with Crippen LogP contribution in [0, 0.1) is 0 Å². The fourth-order valence-electron chi connectivity index (χ4n) is 6.82. The van der Waals surface area contributed by atoms with E-state index in [9.17, 15) is 0 Å². The molecule has 5 aromatic rings. The Kier molecular flexibility index (Phi) is 7.63. The molecule has 0 spiro atoms. The SMILES string of the molecule is CN(C)Cc1ccccc1[Si]1(c2ccccc2CN(C)C)c2ccccc2C(c2ccccc2)N1c1ccccc1. The minimum atomic E-state index is -2.86. The Morgan fingerprint density at radius 3 is 1.49 bits per heavy atom. The van der Waals surface area contributed by atoms with Crippen LogP contribution < -0.4 is 20.1 Å². The zero-order valence-electron chi connectivity index (χ0n) is 24.5. The second kappa shape index (κ2) is 11.5. The lowest BCUT2D eigenvalue weighted by Crippen LogP contribution is -2.76. The summed E-state index contributed by atoms with van der Waals surface area (Å²) in [5, 5.41) is 4.42. The van der Waals surface area contributed by atoms with Crippen LogP contribution in [0.25, 0.3) is 0 Å². The van der Waals surface area contributed by atoms with Crippen LogP contribution in [0.15, 0.2) is 133 Å². The molecule has 1 heterocycles. The second-order valence-electron chi connectivity index (χ2n) is 11.6. The molecular weight excluding hydrogens is 515 g/mol. The third kappa shape index (κ3) is 4.82. The van der Waals surface area contributed by atoms with Crippen molar-refractivity contribution in [3.8, 4) is 0 Å². The highest BCUT2D eigenvalue weighted by atomic mass is 28.3. The maximum atomic E-state index is 2.84. The fraction of sp³-hybridized carbons (Fsp3) is 0.189. The number of hydrogen-bond acceptors (Lipinski definition) is 3. The van der Waals surface area contributed by atoms with Gasteiger partial charge in [-0.3, -0.25) is 0 Å². The predicted molar refractivity (Wildman–Crippen MR) is 176 cm³/mol. The molecule has 0 bridgehead atoms. The normalized spacial score (nSPS) is 15.9. The molecular formula is C37H39N3Si. The summed E-state index contributed by atoms with van der Waals surface area (Å²) in [7, 11) is 5.84. The first kappa shape index (κ1) is 27.2. The van der Waals surface area contributed by atoms with Crippen molar-refractivity contribution >= 4 is 29.5 Å². The third-order valence-corrected chi connectivity index (χ3v) is 13.2. The Morgan fingerprint density at radius 2 is 0.951 bits per heavy atom. The summed E-state index contributed by atoms with van der Waals surface area (Å²) >= 11 is 0. The van der Waals surface area contributed by atoms with E-state index < -0.39 is 8.24 Å². The molecule has 0 saturated heterocycles. The lowest BCUT2D eigenvalue weighted by Gasteiger charge is -2.44. The largest absolute Gasteiger partial charge is 0.376 e. The summed E-state index contributed by atoms with van der Waals surface area (Å²) < 4.78 is 2.84. The van der Waals surface area contributed by atoms with E-state index in [0.29, 0.717) is 0 Å². The average molecular weight is 554 g/mol. The van der Waals surface area contributed by atoms with Gasteiger partial charge in [0.05, 0.1) is 6.04 Å². The molecule has 3 nitrogen and oxygen atoms in total. The zero-order valence-corrected chi connectivity index (χ0v) is 25.5. The van der Waals surface area contributed by atoms with Gasteiger partial charge in [0.1, 0.15) is 0 Å². The molecule has 0 amide bonds. The molecule has 1 unspecified atom stereocenters. The van der Waals surface area contributed by atoms with Crippen LogP contribution >= 0.6 is 0 Å². The summed E-state index contributed by atoms with van der Waals surface area (Å²) in [6.07, 6.45) is 0. The van der Waals surface area contributed by atoms with Crippen LogP contribution in [0.1, 0.15) is 28.3 Å². The van der Waals surface area contributed by atoms with E-state index in [1.807, 2.05) is 0 Å². The molecule has 0 radical (unpaired) electrons. The van der Waals surface area contributed by atoms with Gasteiger partial charge < -0.3 is 14.4 Å². The Balaban J connectivity index is 1.80. The van der Waals surface area contributed by atoms with Crippen LogP contribution in [0.5, 0.6) is 0 Å². The van der Waals surface area contributed by atoms with Gasteiger partial charge in [0.15, 0.2) is 0 Å². The van der Waals surface area contributed by atoms with Crippen LogP contribution in [0.3, 0.4) is 0 Å². The van der Waals surface area contributed by atoms with Gasteiger partial charge in [-0.1, -0.05) is 121 Å². The number of benzene rings is 5. The van der Waals surface area contributed by atoms with E-state index in [2.05, 4.69) is 176 Å². The Morgan fingerprint density at radius 1 is 0.512 bits per heavy atom. The van der Waals surface area contributed by atoms with Crippen molar-refractivity contribution in [3.63, 3.8) is 0 Å². The fourth-order valence-corrected chi connectivity index (χ4v) is 12.6. The number of para-hydroxylation sites is 1. The molecule has 1 aliphatic rings. The lowest BCUT2D eigenvalue weighted by atomic mass is 9.98. The molecule has 0 N–H and O–H groups in total. The molecule has 1 atom stereocenters. The standard InChI is InChI=1S/C37H39N3Si/c1-38(2)27-30-19-11-14-24-34(30)41(35-25-15-12-20-31(35)28-39(3)4)36-26-16-13-23-33(36)37(29-17-7-5-8-18-29)40(41)32-21-9-6-10-22-32/h5-26,37H,27-28H2,1-4H3. The summed E-state index contributed by atoms with van der Waals surface area (Å²) in [4.78, 5) is 4.60. The maximum absolute atomic E-state index is 2.86. The van der Waals surface area contributed by atoms with E-state index in [4.69, 9.17) is 0 Å². The lowest BCUT2D eigenvalue weighted by molar-refractivity contribution is 0.403. The van der Waals surface area contributed by atoms with Gasteiger partial charge in [-0.05, 0) is 78.1 Å². The summed E-state index contributed by atoms with van der Waals surface area (Å²) in [5.41, 5.74) is 6.80. The molecule has 1 aliphatic heterocycles. The minimum absolute atomic E-state index is 0.0984. The molecule has 206 valence electrons. The molecule has 0 aliphatic carbocycles. The first-order valence-electron chi connectivity index (χ1n) is 14.5. The predicted octanol–water partition coefficient (Wildman–Crippen LogP) is 5.39. The molecule has 0 fully saturated rings. The topological polar surface area (TPSA) is 9.72 Å². The van der Waals surface area contributed by atoms with Gasteiger partial charge in [-0.15, -0.1) is 0 Å². The van der Waals surface area contributed by atoms with E-state index in [1.54, 1.807) is 0 Å². The number of rotatable bonds is 8. The number of nitrogens with zero attached hydrogens (tertiary/aromatic N) is 3. The van der Waals surface area contributed by atoms with Gasteiger partial charge in [-0.2, -0.15) is 0 Å². The average Bonchev–Trinajstić information content (AvgIpc) is 3.30. The van der Waals surface area contributed by atoms with Gasteiger partial charge in [0, 0.05) is 18.8 Å². The van der Waals surface area contributed by atoms with Crippen LogP contribution in [-0.4, -0.2) is 46.2 Å². The Bertz CT molecular complexity index is 1560. The van der Waals surface area contributed by atoms with Crippen LogP contribution in [-0.2, 0) is 13.1 Å². The first-order chi connectivity index (χ1) is 20.0. The first-order valence-corrected chi connectivity index (χ1v) is 16.4. The van der Waals surface area contributed by atoms with Crippen molar-refractivity contribution in [2.45, 2.75) is 19.1 Å². The van der Waals surface area contributed by atoms with Crippen molar-refractivity contribution in [2.24, 2.45) is 0 Å². The van der Waals surface area contributed by atoms with Crippen LogP contribution in [0.4, 0.5) is 5.69 Å². The molecule has 41 heavy (non-hydrogen) atoms. The van der Waals surface area contributed by atoms with Crippen molar-refractivity contribution in [3.05, 3.63) is 156 Å². The smallest absolute Gasteiger partial charge is 0.254 e. The monoisotopic (exact) mass is 553 g/mol. The van der Waals surface area contributed by atoms with Crippen LogP contribution in [0.2, 0.25) is 0 Å². The summed E-state index contributed by atoms with van der Waals surface area (Å²) in [6.45, 7) is 1.78. The quantitative estimate of drug-likeness (QED) is 0.239. The van der Waals surface area contributed by atoms with Gasteiger partial charge in [-0.25, -0.2) is 0 Å². The van der Waals surface area contributed by atoms with Gasteiger partial charge in [0.2, 0.25) is 0 Å². The highest BCUT2D eigenvalue weighted by Crippen LogP contribution is 2.42. The second-order valence-corrected chi connectivity index (χ2v) is 15.1. The van der Waals surface area contributed by atoms with Gasteiger partial charge in [0.25, 0.3) is 8.24 Å². The van der Waals surface area contributed by atoms with Crippen molar-refractivity contribution in [1.82, 2.24) is 9.80 Å². The number of anilines is 1. The summed E-state index contributed by atoms with van der Waals surface area (Å²) in [6, 6.07) is 50.1. The van der Waals surface area contributed by atoms with Crippen molar-refractivity contribution in [2.75, 3.05) is 32.8 Å². The minimum Gasteiger partial charge on any atom is -0.376 e. The van der Waals surface area contributed by atoms with Gasteiger partial charge >= 0.3 is 0 Å². The molecule has 6 rings (SSSR count). The molecule has 4 heteroatoms. The van der Waals surface area contributed by atoms with Crippen molar-refractivity contribution < 1.29 is 0 Å². The number of hydrogen-bond donors (Lipinski definition) is 0. The number of fused-ring (bicyclic) bond motifs is 1. The highest BCUT2D eigenvalue weighted by Gasteiger charge is 2.57. The van der Waals surface area contributed by atoms with E-state index in [0.717, 1.165) is 13.1 Å². The van der Waals surface area contributed by atoms with E-state index in [1.165, 1.54) is 43.5 Å².